The van der Waals surface area contributed by atoms with Crippen LogP contribution >= 0.6 is 15.9 Å². The maximum Gasteiger partial charge on any atom is 0.321 e. The third kappa shape index (κ3) is 4.05. The van der Waals surface area contributed by atoms with Crippen molar-refractivity contribution in [3.63, 3.8) is 0 Å². The molecule has 0 spiro atoms. The number of aliphatic carboxylic acids is 1. The van der Waals surface area contributed by atoms with Crippen LogP contribution in [0.2, 0.25) is 0 Å². The smallest absolute Gasteiger partial charge is 0.321 e. The summed E-state index contributed by atoms with van der Waals surface area (Å²) in [6.07, 6.45) is -0.236. The second-order valence-corrected chi connectivity index (χ2v) is 7.42. The molecule has 9 heteroatoms. The van der Waals surface area contributed by atoms with E-state index in [0.717, 1.165) is 4.31 Å². The van der Waals surface area contributed by atoms with Crippen LogP contribution in [-0.4, -0.2) is 50.0 Å². The number of likely N-dealkylation sites (N-methyl/N-ethyl adjacent to an activating group) is 1. The Morgan fingerprint density at radius 1 is 1.41 bits per heavy atom. The predicted molar refractivity (Wildman–Crippen MR) is 81.9 cm³/mol. The first-order valence-electron chi connectivity index (χ1n) is 6.17. The van der Waals surface area contributed by atoms with E-state index in [1.54, 1.807) is 0 Å². The monoisotopic (exact) mass is 393 g/mol. The number of methoxy groups -OCH3 is 1. The molecule has 7 nitrogen and oxygen atoms in total. The van der Waals surface area contributed by atoms with Gasteiger partial charge in [-0.05, 0) is 30.7 Å². The van der Waals surface area contributed by atoms with Crippen molar-refractivity contribution in [3.8, 4) is 0 Å². The Bertz CT molecular complexity index is 688. The Kier molecular flexibility index (Phi) is 6.09. The Labute approximate surface area is 137 Å². The summed E-state index contributed by atoms with van der Waals surface area (Å²) in [5.41, 5.74) is 0.227. The zero-order valence-electron chi connectivity index (χ0n) is 12.2. The molecule has 0 saturated carbocycles. The van der Waals surface area contributed by atoms with E-state index >= 15 is 0 Å². The summed E-state index contributed by atoms with van der Waals surface area (Å²) in [6, 6.07) is 3.08. The second kappa shape index (κ2) is 7.21. The van der Waals surface area contributed by atoms with E-state index in [1.165, 1.54) is 39.3 Å². The van der Waals surface area contributed by atoms with Crippen molar-refractivity contribution in [1.82, 2.24) is 4.31 Å². The number of halogens is 1. The fourth-order valence-electron chi connectivity index (χ4n) is 1.68. The van der Waals surface area contributed by atoms with Gasteiger partial charge in [0.05, 0.1) is 18.4 Å². The third-order valence-electron chi connectivity index (χ3n) is 3.14. The van der Waals surface area contributed by atoms with Crippen molar-refractivity contribution in [2.45, 2.75) is 24.3 Å². The highest BCUT2D eigenvalue weighted by Crippen LogP contribution is 2.25. The number of carbonyl (C=O) groups is 2. The van der Waals surface area contributed by atoms with Crippen molar-refractivity contribution in [1.29, 1.82) is 0 Å². The molecular weight excluding hydrogens is 378 g/mol. The molecule has 0 bridgehead atoms. The van der Waals surface area contributed by atoms with E-state index in [2.05, 4.69) is 20.7 Å². The number of hydrogen-bond donors (Lipinski definition) is 1. The van der Waals surface area contributed by atoms with Crippen LogP contribution in [0.5, 0.6) is 0 Å². The number of hydrogen-bond acceptors (Lipinski definition) is 5. The van der Waals surface area contributed by atoms with Gasteiger partial charge in [0.15, 0.2) is 0 Å². The number of sulfonamides is 1. The van der Waals surface area contributed by atoms with Crippen LogP contribution in [-0.2, 0) is 30.8 Å². The van der Waals surface area contributed by atoms with Crippen molar-refractivity contribution in [2.75, 3.05) is 14.2 Å². The van der Waals surface area contributed by atoms with Crippen LogP contribution in [0.15, 0.2) is 27.6 Å². The number of carboxylic acids is 1. The minimum atomic E-state index is -4.06. The summed E-state index contributed by atoms with van der Waals surface area (Å²) in [5, 5.41) is 8.97. The lowest BCUT2D eigenvalue weighted by molar-refractivity contribution is -0.141. The quantitative estimate of drug-likeness (QED) is 0.729. The van der Waals surface area contributed by atoms with E-state index in [1.807, 2.05) is 0 Å². The molecule has 0 saturated heterocycles. The Morgan fingerprint density at radius 2 is 2.00 bits per heavy atom. The van der Waals surface area contributed by atoms with Gasteiger partial charge in [0, 0.05) is 11.5 Å². The molecule has 0 heterocycles. The van der Waals surface area contributed by atoms with Crippen molar-refractivity contribution >= 4 is 37.9 Å². The SMILES string of the molecule is COC(=O)Cc1cc(Br)ccc1S(=O)(=O)N(C)C(C)C(=O)O. The largest absolute Gasteiger partial charge is 0.480 e. The first-order valence-corrected chi connectivity index (χ1v) is 8.40. The molecule has 1 aromatic rings. The van der Waals surface area contributed by atoms with Crippen molar-refractivity contribution < 1.29 is 27.9 Å². The van der Waals surface area contributed by atoms with Gasteiger partial charge in [-0.15, -0.1) is 0 Å². The maximum absolute atomic E-state index is 12.6. The van der Waals surface area contributed by atoms with Gasteiger partial charge in [-0.2, -0.15) is 4.31 Å². The highest BCUT2D eigenvalue weighted by molar-refractivity contribution is 9.10. The van der Waals surface area contributed by atoms with Gasteiger partial charge in [0.25, 0.3) is 0 Å². The van der Waals surface area contributed by atoms with Gasteiger partial charge >= 0.3 is 11.9 Å². The Morgan fingerprint density at radius 3 is 2.50 bits per heavy atom. The van der Waals surface area contributed by atoms with E-state index < -0.39 is 28.0 Å². The molecule has 0 aliphatic heterocycles. The molecule has 22 heavy (non-hydrogen) atoms. The molecule has 0 aliphatic carbocycles. The van der Waals surface area contributed by atoms with Crippen LogP contribution < -0.4 is 0 Å². The molecule has 122 valence electrons. The summed E-state index contributed by atoms with van der Waals surface area (Å²) >= 11 is 3.21. The molecule has 1 unspecified atom stereocenters. The average molecular weight is 394 g/mol. The topological polar surface area (TPSA) is 101 Å². The molecule has 1 rings (SSSR count). The molecular formula is C13H16BrNO6S. The van der Waals surface area contributed by atoms with Crippen LogP contribution in [0.25, 0.3) is 0 Å². The first kappa shape index (κ1) is 18.6. The van der Waals surface area contributed by atoms with Crippen molar-refractivity contribution in [2.24, 2.45) is 0 Å². The van der Waals surface area contributed by atoms with Gasteiger partial charge in [0.1, 0.15) is 6.04 Å². The normalized spacial score (nSPS) is 13.0. The van der Waals surface area contributed by atoms with E-state index in [4.69, 9.17) is 5.11 Å². The maximum atomic E-state index is 12.6. The fraction of sp³-hybridized carbons (Fsp3) is 0.385. The lowest BCUT2D eigenvalue weighted by atomic mass is 10.1. The summed E-state index contributed by atoms with van der Waals surface area (Å²) in [5.74, 6) is -1.86. The summed E-state index contributed by atoms with van der Waals surface area (Å²) in [7, 11) is -1.68. The number of benzene rings is 1. The second-order valence-electron chi connectivity index (χ2n) is 4.54. The number of carbonyl (C=O) groups excluding carboxylic acids is 1. The van der Waals surface area contributed by atoms with Crippen molar-refractivity contribution in [3.05, 3.63) is 28.2 Å². The third-order valence-corrected chi connectivity index (χ3v) is 5.67. The minimum Gasteiger partial charge on any atom is -0.480 e. The summed E-state index contributed by atoms with van der Waals surface area (Å²) < 4.78 is 31.0. The number of ether oxygens (including phenoxy) is 1. The number of carboxylic acid groups (broad SMARTS) is 1. The highest BCUT2D eigenvalue weighted by Gasteiger charge is 2.31. The molecule has 1 atom stereocenters. The van der Waals surface area contributed by atoms with E-state index in [-0.39, 0.29) is 16.9 Å². The molecule has 0 amide bonds. The van der Waals surface area contributed by atoms with E-state index in [0.29, 0.717) is 4.47 Å². The number of rotatable bonds is 6. The Balaban J connectivity index is 3.35. The average Bonchev–Trinajstić information content (AvgIpc) is 2.45. The molecule has 0 radical (unpaired) electrons. The molecule has 1 aromatic carbocycles. The zero-order chi connectivity index (χ0) is 17.1. The fourth-order valence-corrected chi connectivity index (χ4v) is 3.61. The van der Waals surface area contributed by atoms with Crippen LogP contribution in [0.4, 0.5) is 0 Å². The van der Waals surface area contributed by atoms with E-state index in [9.17, 15) is 18.0 Å². The van der Waals surface area contributed by atoms with Crippen LogP contribution in [0.3, 0.4) is 0 Å². The Hall–Kier alpha value is -1.45. The highest BCUT2D eigenvalue weighted by atomic mass is 79.9. The zero-order valence-corrected chi connectivity index (χ0v) is 14.6. The molecule has 0 aliphatic rings. The lowest BCUT2D eigenvalue weighted by Crippen LogP contribution is -2.40. The molecule has 0 fully saturated rings. The van der Waals surface area contributed by atoms with Gasteiger partial charge in [-0.25, -0.2) is 8.42 Å². The number of esters is 1. The van der Waals surface area contributed by atoms with Gasteiger partial charge in [0.2, 0.25) is 10.0 Å². The van der Waals surface area contributed by atoms with Crippen LogP contribution in [0.1, 0.15) is 12.5 Å². The minimum absolute atomic E-state index is 0.128. The van der Waals surface area contributed by atoms with Gasteiger partial charge < -0.3 is 9.84 Å². The van der Waals surface area contributed by atoms with Gasteiger partial charge in [-0.3, -0.25) is 9.59 Å². The van der Waals surface area contributed by atoms with Crippen LogP contribution in [0, 0.1) is 0 Å². The number of nitrogens with zero attached hydrogens (tertiary/aromatic N) is 1. The summed E-state index contributed by atoms with van der Waals surface area (Å²) in [6.45, 7) is 1.26. The van der Waals surface area contributed by atoms with Gasteiger partial charge in [-0.1, -0.05) is 15.9 Å². The molecule has 1 N–H and O–H groups in total. The summed E-state index contributed by atoms with van der Waals surface area (Å²) in [4.78, 5) is 22.3. The lowest BCUT2D eigenvalue weighted by Gasteiger charge is -2.22. The predicted octanol–water partition coefficient (Wildman–Crippen LogP) is 1.26. The molecule has 0 aromatic heterocycles. The standard InChI is InChI=1S/C13H16BrNO6S/c1-8(13(17)18)15(2)22(19,20)11-5-4-10(14)6-9(11)7-12(16)21-3/h4-6,8H,7H2,1-3H3,(H,17,18). The first-order chi connectivity index (χ1) is 10.1.